The maximum absolute atomic E-state index is 12.2. The van der Waals surface area contributed by atoms with Crippen molar-refractivity contribution >= 4 is 34.8 Å². The Morgan fingerprint density at radius 3 is 2.70 bits per heavy atom. The fourth-order valence-electron chi connectivity index (χ4n) is 2.98. The van der Waals surface area contributed by atoms with Crippen LogP contribution in [0.5, 0.6) is 0 Å². The SMILES string of the molecule is O=C(CN1CCCc2ccccc21)NNC(=O)c1ccc([N+](=O)[O-])cc1Cl. The molecule has 8 nitrogen and oxygen atoms in total. The summed E-state index contributed by atoms with van der Waals surface area (Å²) >= 11 is 5.91. The molecule has 0 bridgehead atoms. The number of hydrogen-bond acceptors (Lipinski definition) is 5. The predicted molar refractivity (Wildman–Crippen MR) is 101 cm³/mol. The summed E-state index contributed by atoms with van der Waals surface area (Å²) < 4.78 is 0. The van der Waals surface area contributed by atoms with Crippen molar-refractivity contribution in [2.75, 3.05) is 18.0 Å². The Hall–Kier alpha value is -3.13. The molecule has 0 saturated carbocycles. The van der Waals surface area contributed by atoms with Gasteiger partial charge >= 0.3 is 0 Å². The monoisotopic (exact) mass is 388 g/mol. The van der Waals surface area contributed by atoms with Crippen LogP contribution in [0.3, 0.4) is 0 Å². The third-order valence-electron chi connectivity index (χ3n) is 4.26. The molecule has 0 saturated heterocycles. The van der Waals surface area contributed by atoms with Crippen molar-refractivity contribution < 1.29 is 14.5 Å². The lowest BCUT2D eigenvalue weighted by Crippen LogP contribution is -2.47. The van der Waals surface area contributed by atoms with Crippen LogP contribution in [0.15, 0.2) is 42.5 Å². The van der Waals surface area contributed by atoms with Crippen molar-refractivity contribution in [3.05, 3.63) is 68.7 Å². The lowest BCUT2D eigenvalue weighted by atomic mass is 10.0. The molecule has 1 heterocycles. The van der Waals surface area contributed by atoms with E-state index < -0.39 is 10.8 Å². The summed E-state index contributed by atoms with van der Waals surface area (Å²) in [5.74, 6) is -1.03. The highest BCUT2D eigenvalue weighted by molar-refractivity contribution is 6.34. The Morgan fingerprint density at radius 2 is 1.96 bits per heavy atom. The number of nitrogens with one attached hydrogen (secondary N) is 2. The molecule has 2 aromatic rings. The zero-order valence-corrected chi connectivity index (χ0v) is 15.0. The number of anilines is 1. The highest BCUT2D eigenvalue weighted by Crippen LogP contribution is 2.26. The number of rotatable bonds is 4. The molecule has 0 spiro atoms. The van der Waals surface area contributed by atoms with Gasteiger partial charge in [0.25, 0.3) is 17.5 Å². The van der Waals surface area contributed by atoms with Crippen LogP contribution in [0.4, 0.5) is 11.4 Å². The zero-order chi connectivity index (χ0) is 19.4. The van der Waals surface area contributed by atoms with E-state index in [9.17, 15) is 19.7 Å². The van der Waals surface area contributed by atoms with Crippen LogP contribution in [-0.4, -0.2) is 29.8 Å². The standard InChI is InChI=1S/C18H17ClN4O4/c19-15-10-13(23(26)27)7-8-14(15)18(25)21-20-17(24)11-22-9-3-5-12-4-1-2-6-16(12)22/h1-2,4,6-8,10H,3,5,9,11H2,(H,20,24)(H,21,25). The first-order chi connectivity index (χ1) is 13.0. The first kappa shape index (κ1) is 18.7. The average Bonchev–Trinajstić information content (AvgIpc) is 2.66. The maximum Gasteiger partial charge on any atom is 0.271 e. The van der Waals surface area contributed by atoms with Gasteiger partial charge < -0.3 is 4.90 Å². The molecule has 1 aliphatic rings. The van der Waals surface area contributed by atoms with Gasteiger partial charge in [0.2, 0.25) is 0 Å². The van der Waals surface area contributed by atoms with Crippen molar-refractivity contribution in [3.8, 4) is 0 Å². The second-order valence-electron chi connectivity index (χ2n) is 6.08. The van der Waals surface area contributed by atoms with Gasteiger partial charge in [-0.15, -0.1) is 0 Å². The number of halogens is 1. The molecule has 0 aliphatic carbocycles. The largest absolute Gasteiger partial charge is 0.362 e. The minimum absolute atomic E-state index is 0.0332. The van der Waals surface area contributed by atoms with Crippen molar-refractivity contribution in [2.24, 2.45) is 0 Å². The van der Waals surface area contributed by atoms with E-state index in [0.717, 1.165) is 31.1 Å². The molecule has 0 fully saturated rings. The first-order valence-electron chi connectivity index (χ1n) is 8.31. The van der Waals surface area contributed by atoms with Gasteiger partial charge in [-0.3, -0.25) is 30.6 Å². The van der Waals surface area contributed by atoms with Gasteiger partial charge in [-0.1, -0.05) is 29.8 Å². The van der Waals surface area contributed by atoms with Crippen molar-refractivity contribution in [2.45, 2.75) is 12.8 Å². The number of amides is 2. The van der Waals surface area contributed by atoms with Gasteiger partial charge in [0.15, 0.2) is 0 Å². The molecule has 0 radical (unpaired) electrons. The Labute approximate surface area is 160 Å². The van der Waals surface area contributed by atoms with E-state index in [-0.39, 0.29) is 28.7 Å². The van der Waals surface area contributed by atoms with E-state index in [1.807, 2.05) is 29.2 Å². The molecule has 0 unspecified atom stereocenters. The second-order valence-corrected chi connectivity index (χ2v) is 6.48. The van der Waals surface area contributed by atoms with Gasteiger partial charge in [-0.25, -0.2) is 0 Å². The van der Waals surface area contributed by atoms with Crippen molar-refractivity contribution in [1.82, 2.24) is 10.9 Å². The van der Waals surface area contributed by atoms with Crippen LogP contribution in [0.1, 0.15) is 22.3 Å². The summed E-state index contributed by atoms with van der Waals surface area (Å²) in [5.41, 5.74) is 6.66. The van der Waals surface area contributed by atoms with Gasteiger partial charge in [0.1, 0.15) is 0 Å². The third kappa shape index (κ3) is 4.35. The fourth-order valence-corrected chi connectivity index (χ4v) is 3.24. The number of hydrazine groups is 1. The molecular formula is C18H17ClN4O4. The smallest absolute Gasteiger partial charge is 0.271 e. The number of nitro groups is 1. The minimum Gasteiger partial charge on any atom is -0.362 e. The van der Waals surface area contributed by atoms with Crippen molar-refractivity contribution in [1.29, 1.82) is 0 Å². The third-order valence-corrected chi connectivity index (χ3v) is 4.58. The Morgan fingerprint density at radius 1 is 1.19 bits per heavy atom. The zero-order valence-electron chi connectivity index (χ0n) is 14.3. The fraction of sp³-hybridized carbons (Fsp3) is 0.222. The van der Waals surface area contributed by atoms with Gasteiger partial charge in [0, 0.05) is 24.4 Å². The summed E-state index contributed by atoms with van der Waals surface area (Å²) in [6, 6.07) is 11.4. The predicted octanol–water partition coefficient (Wildman–Crippen LogP) is 2.46. The molecular weight excluding hydrogens is 372 g/mol. The normalized spacial score (nSPS) is 12.9. The van der Waals surface area contributed by atoms with E-state index in [1.165, 1.54) is 17.7 Å². The van der Waals surface area contributed by atoms with Crippen LogP contribution >= 0.6 is 11.6 Å². The van der Waals surface area contributed by atoms with E-state index in [2.05, 4.69) is 10.9 Å². The molecule has 27 heavy (non-hydrogen) atoms. The molecule has 0 aromatic heterocycles. The van der Waals surface area contributed by atoms with E-state index in [1.54, 1.807) is 0 Å². The second kappa shape index (κ2) is 8.05. The van der Waals surface area contributed by atoms with Gasteiger partial charge in [0.05, 0.1) is 22.1 Å². The molecule has 9 heteroatoms. The molecule has 0 atom stereocenters. The van der Waals surface area contributed by atoms with Crippen LogP contribution in [-0.2, 0) is 11.2 Å². The lowest BCUT2D eigenvalue weighted by molar-refractivity contribution is -0.384. The number of aryl methyl sites for hydroxylation is 1. The molecule has 2 N–H and O–H groups in total. The Bertz CT molecular complexity index is 903. The number of non-ortho nitro benzene ring substituents is 1. The van der Waals surface area contributed by atoms with Gasteiger partial charge in [-0.2, -0.15) is 0 Å². The molecule has 2 amide bonds. The summed E-state index contributed by atoms with van der Waals surface area (Å²) in [4.78, 5) is 36.4. The number of hydrogen-bond donors (Lipinski definition) is 2. The average molecular weight is 389 g/mol. The number of carbonyl (C=O) groups is 2. The highest BCUT2D eigenvalue weighted by atomic mass is 35.5. The summed E-state index contributed by atoms with van der Waals surface area (Å²) in [5, 5.41) is 10.6. The van der Waals surface area contributed by atoms with Crippen molar-refractivity contribution in [3.63, 3.8) is 0 Å². The van der Waals surface area contributed by atoms with E-state index >= 15 is 0 Å². The highest BCUT2D eigenvalue weighted by Gasteiger charge is 2.20. The topological polar surface area (TPSA) is 105 Å². The lowest BCUT2D eigenvalue weighted by Gasteiger charge is -2.30. The number of carbonyl (C=O) groups excluding carboxylic acids is 2. The minimum atomic E-state index is -0.651. The molecule has 140 valence electrons. The Kier molecular flexibility index (Phi) is 5.56. The molecule has 1 aliphatic heterocycles. The van der Waals surface area contributed by atoms with E-state index in [0.29, 0.717) is 0 Å². The van der Waals surface area contributed by atoms with Crippen LogP contribution in [0.2, 0.25) is 5.02 Å². The Balaban J connectivity index is 1.58. The van der Waals surface area contributed by atoms with Crippen LogP contribution in [0, 0.1) is 10.1 Å². The molecule has 3 rings (SSSR count). The number of benzene rings is 2. The molecule has 2 aromatic carbocycles. The van der Waals surface area contributed by atoms with E-state index in [4.69, 9.17) is 11.6 Å². The number of fused-ring (bicyclic) bond motifs is 1. The quantitative estimate of drug-likeness (QED) is 0.618. The maximum atomic E-state index is 12.2. The number of nitrogens with zero attached hydrogens (tertiary/aromatic N) is 2. The summed E-state index contributed by atoms with van der Waals surface area (Å²) in [7, 11) is 0. The van der Waals surface area contributed by atoms with Crippen LogP contribution in [0.25, 0.3) is 0 Å². The summed E-state index contributed by atoms with van der Waals surface area (Å²) in [6.45, 7) is 0.859. The summed E-state index contributed by atoms with van der Waals surface area (Å²) in [6.07, 6.45) is 1.93. The number of para-hydroxylation sites is 1. The first-order valence-corrected chi connectivity index (χ1v) is 8.69. The van der Waals surface area contributed by atoms with Crippen LogP contribution < -0.4 is 15.8 Å². The van der Waals surface area contributed by atoms with Gasteiger partial charge in [-0.05, 0) is 30.5 Å². The number of nitro benzene ring substituents is 1.